The number of phenolic OH excluding ortho intramolecular Hbond substituents is 1. The number of fused-ring (bicyclic) bond motifs is 1. The number of aromatic amines is 1. The summed E-state index contributed by atoms with van der Waals surface area (Å²) in [5.74, 6) is -0.0991. The Morgan fingerprint density at radius 1 is 1.26 bits per heavy atom. The van der Waals surface area contributed by atoms with Gasteiger partial charge in [0.1, 0.15) is 10.6 Å². The van der Waals surface area contributed by atoms with Gasteiger partial charge in [-0.25, -0.2) is 8.42 Å². The number of carbonyl (C=O) groups excluding carboxylic acids is 1. The number of rotatable bonds is 7. The molecule has 2 heterocycles. The van der Waals surface area contributed by atoms with Crippen molar-refractivity contribution in [1.29, 1.82) is 0 Å². The molecule has 0 bridgehead atoms. The average molecular weight is 486 g/mol. The number of H-pyrrole nitrogens is 1. The second kappa shape index (κ2) is 8.90. The van der Waals surface area contributed by atoms with Crippen LogP contribution in [0.2, 0.25) is 0 Å². The molecular weight excluding hydrogens is 458 g/mol. The summed E-state index contributed by atoms with van der Waals surface area (Å²) < 4.78 is 33.0. The van der Waals surface area contributed by atoms with E-state index in [0.717, 1.165) is 28.1 Å². The van der Waals surface area contributed by atoms with E-state index >= 15 is 0 Å². The number of nitrogens with zero attached hydrogens (tertiary/aromatic N) is 3. The summed E-state index contributed by atoms with van der Waals surface area (Å²) in [6, 6.07) is 8.53. The molecule has 2 aromatic carbocycles. The SMILES string of the molecule is CN(CC(=O)Nc1ccc(N2CCOCC2)c(O)c1)S(=O)(=O)c1cc(C2CC2)cc2cn[nH]c12. The highest BCUT2D eigenvalue weighted by Gasteiger charge is 2.30. The first-order chi connectivity index (χ1) is 16.3. The Morgan fingerprint density at radius 2 is 2.03 bits per heavy atom. The van der Waals surface area contributed by atoms with Gasteiger partial charge in [0.05, 0.1) is 37.2 Å². The van der Waals surface area contributed by atoms with E-state index in [-0.39, 0.29) is 17.2 Å². The predicted octanol–water partition coefficient (Wildman–Crippen LogP) is 2.24. The first-order valence-electron chi connectivity index (χ1n) is 11.2. The minimum absolute atomic E-state index is 0.0409. The van der Waals surface area contributed by atoms with Gasteiger partial charge in [-0.15, -0.1) is 0 Å². The zero-order valence-corrected chi connectivity index (χ0v) is 19.6. The van der Waals surface area contributed by atoms with E-state index in [1.54, 1.807) is 24.4 Å². The molecule has 0 unspecified atom stereocenters. The smallest absolute Gasteiger partial charge is 0.245 e. The molecule has 1 saturated carbocycles. The summed E-state index contributed by atoms with van der Waals surface area (Å²) >= 11 is 0. The third-order valence-corrected chi connectivity index (χ3v) is 8.08. The Morgan fingerprint density at radius 3 is 2.74 bits per heavy atom. The van der Waals surface area contributed by atoms with Gasteiger partial charge in [-0.05, 0) is 48.6 Å². The fourth-order valence-electron chi connectivity index (χ4n) is 4.23. The summed E-state index contributed by atoms with van der Waals surface area (Å²) in [4.78, 5) is 14.8. The van der Waals surface area contributed by atoms with Crippen LogP contribution in [0.4, 0.5) is 11.4 Å². The number of aromatic hydroxyl groups is 1. The predicted molar refractivity (Wildman–Crippen MR) is 128 cm³/mol. The van der Waals surface area contributed by atoms with E-state index in [1.165, 1.54) is 13.1 Å². The molecule has 10 nitrogen and oxygen atoms in total. The molecule has 34 heavy (non-hydrogen) atoms. The molecule has 3 aromatic rings. The van der Waals surface area contributed by atoms with Gasteiger partial charge < -0.3 is 20.1 Å². The fourth-order valence-corrected chi connectivity index (χ4v) is 5.56. The second-order valence-corrected chi connectivity index (χ2v) is 10.8. The standard InChI is InChI=1S/C23H27N5O5S/c1-27(34(31,32)21-11-16(15-2-3-15)10-17-13-24-26-23(17)21)14-22(30)25-18-4-5-19(20(29)12-18)28-6-8-33-9-7-28/h4-5,10-13,15,29H,2-3,6-9,14H2,1H3,(H,24,26)(H,25,30). The van der Waals surface area contributed by atoms with Gasteiger partial charge in [0.15, 0.2) is 0 Å². The molecule has 3 N–H and O–H groups in total. The van der Waals surface area contributed by atoms with Crippen LogP contribution >= 0.6 is 0 Å². The minimum atomic E-state index is -3.95. The summed E-state index contributed by atoms with van der Waals surface area (Å²) in [5, 5.41) is 20.6. The molecular formula is C23H27N5O5S. The number of sulfonamides is 1. The van der Waals surface area contributed by atoms with Gasteiger partial charge in [0.25, 0.3) is 0 Å². The molecule has 11 heteroatoms. The number of amides is 1. The summed E-state index contributed by atoms with van der Waals surface area (Å²) in [6.45, 7) is 2.15. The van der Waals surface area contributed by atoms with Crippen molar-refractivity contribution in [2.24, 2.45) is 0 Å². The van der Waals surface area contributed by atoms with Crippen molar-refractivity contribution in [1.82, 2.24) is 14.5 Å². The Bertz CT molecular complexity index is 1330. The van der Waals surface area contributed by atoms with E-state index in [0.29, 0.717) is 49.1 Å². The molecule has 1 aliphatic heterocycles. The number of ether oxygens (including phenoxy) is 1. The van der Waals surface area contributed by atoms with Crippen molar-refractivity contribution in [3.8, 4) is 5.75 Å². The van der Waals surface area contributed by atoms with Gasteiger partial charge in [0, 0.05) is 37.3 Å². The molecule has 1 aromatic heterocycles. The van der Waals surface area contributed by atoms with Crippen LogP contribution in [0.5, 0.6) is 5.75 Å². The normalized spacial score (nSPS) is 16.8. The van der Waals surface area contributed by atoms with Gasteiger partial charge in [-0.2, -0.15) is 9.40 Å². The van der Waals surface area contributed by atoms with Crippen LogP contribution in [0.3, 0.4) is 0 Å². The van der Waals surface area contributed by atoms with Crippen molar-refractivity contribution < 1.29 is 23.1 Å². The number of anilines is 2. The number of benzene rings is 2. The molecule has 0 spiro atoms. The van der Waals surface area contributed by atoms with Crippen LogP contribution < -0.4 is 10.2 Å². The number of phenols is 1. The third kappa shape index (κ3) is 4.46. The van der Waals surface area contributed by atoms with Crippen LogP contribution in [0.1, 0.15) is 24.3 Å². The third-order valence-electron chi connectivity index (χ3n) is 6.25. The molecule has 1 amide bonds. The van der Waals surface area contributed by atoms with Crippen molar-refractivity contribution in [2.75, 3.05) is 50.1 Å². The molecule has 2 fully saturated rings. The van der Waals surface area contributed by atoms with Crippen LogP contribution in [-0.2, 0) is 19.6 Å². The van der Waals surface area contributed by atoms with Crippen molar-refractivity contribution in [3.05, 3.63) is 42.1 Å². The van der Waals surface area contributed by atoms with Gasteiger partial charge in [-0.3, -0.25) is 9.89 Å². The second-order valence-electron chi connectivity index (χ2n) is 8.74. The zero-order chi connectivity index (χ0) is 23.9. The number of likely N-dealkylation sites (N-methyl/N-ethyl adjacent to an activating group) is 1. The maximum absolute atomic E-state index is 13.3. The Labute approximate surface area is 197 Å². The molecule has 1 saturated heterocycles. The van der Waals surface area contributed by atoms with E-state index in [9.17, 15) is 18.3 Å². The number of carbonyl (C=O) groups is 1. The van der Waals surface area contributed by atoms with Gasteiger partial charge in [-0.1, -0.05) is 0 Å². The maximum atomic E-state index is 13.3. The molecule has 2 aliphatic rings. The molecule has 1 aliphatic carbocycles. The van der Waals surface area contributed by atoms with Crippen LogP contribution in [0.15, 0.2) is 41.4 Å². The molecule has 180 valence electrons. The lowest BCUT2D eigenvalue weighted by molar-refractivity contribution is -0.116. The van der Waals surface area contributed by atoms with Crippen LogP contribution in [-0.4, -0.2) is 73.8 Å². The summed E-state index contributed by atoms with van der Waals surface area (Å²) in [5.41, 5.74) is 2.46. The lowest BCUT2D eigenvalue weighted by atomic mass is 10.1. The minimum Gasteiger partial charge on any atom is -0.506 e. The molecule has 0 radical (unpaired) electrons. The highest BCUT2D eigenvalue weighted by molar-refractivity contribution is 7.89. The highest BCUT2D eigenvalue weighted by atomic mass is 32.2. The van der Waals surface area contributed by atoms with E-state index < -0.39 is 15.9 Å². The molecule has 0 atom stereocenters. The lowest BCUT2D eigenvalue weighted by Gasteiger charge is -2.29. The first-order valence-corrected chi connectivity index (χ1v) is 12.7. The van der Waals surface area contributed by atoms with E-state index in [1.807, 2.05) is 11.0 Å². The Kier molecular flexibility index (Phi) is 5.92. The quantitative estimate of drug-likeness (QED) is 0.468. The average Bonchev–Trinajstić information content (AvgIpc) is 3.56. The lowest BCUT2D eigenvalue weighted by Crippen LogP contribution is -2.36. The first kappa shape index (κ1) is 22.6. The van der Waals surface area contributed by atoms with Crippen molar-refractivity contribution in [2.45, 2.75) is 23.7 Å². The largest absolute Gasteiger partial charge is 0.506 e. The number of morpholine rings is 1. The summed E-state index contributed by atoms with van der Waals surface area (Å²) in [6.07, 6.45) is 3.69. The Balaban J connectivity index is 1.30. The number of aromatic nitrogens is 2. The highest BCUT2D eigenvalue weighted by Crippen LogP contribution is 2.42. The number of hydrogen-bond donors (Lipinski definition) is 3. The van der Waals surface area contributed by atoms with Crippen LogP contribution in [0.25, 0.3) is 10.9 Å². The number of hydrogen-bond acceptors (Lipinski definition) is 7. The van der Waals surface area contributed by atoms with E-state index in [2.05, 4.69) is 15.5 Å². The zero-order valence-electron chi connectivity index (χ0n) is 18.8. The topological polar surface area (TPSA) is 128 Å². The van der Waals surface area contributed by atoms with Crippen molar-refractivity contribution in [3.63, 3.8) is 0 Å². The Hall–Kier alpha value is -3.15. The van der Waals surface area contributed by atoms with Gasteiger partial charge in [0.2, 0.25) is 15.9 Å². The monoisotopic (exact) mass is 485 g/mol. The van der Waals surface area contributed by atoms with Crippen molar-refractivity contribution >= 4 is 38.2 Å². The fraction of sp³-hybridized carbons (Fsp3) is 0.391. The van der Waals surface area contributed by atoms with E-state index in [4.69, 9.17) is 4.74 Å². The maximum Gasteiger partial charge on any atom is 0.245 e. The van der Waals surface area contributed by atoms with Gasteiger partial charge >= 0.3 is 0 Å². The molecule has 5 rings (SSSR count). The summed E-state index contributed by atoms with van der Waals surface area (Å²) in [7, 11) is -2.57. The number of nitrogens with one attached hydrogen (secondary N) is 2. The van der Waals surface area contributed by atoms with Crippen LogP contribution in [0, 0.1) is 0 Å².